The van der Waals surface area contributed by atoms with Crippen LogP contribution in [0.5, 0.6) is 0 Å². The lowest BCUT2D eigenvalue weighted by atomic mass is 9.89. The smallest absolute Gasteiger partial charge is 0.280 e. The summed E-state index contributed by atoms with van der Waals surface area (Å²) in [6.07, 6.45) is 11.2. The van der Waals surface area contributed by atoms with Gasteiger partial charge in [0.1, 0.15) is 0 Å². The fourth-order valence-electron chi connectivity index (χ4n) is 2.45. The third-order valence-corrected chi connectivity index (χ3v) is 3.59. The second-order valence-corrected chi connectivity index (χ2v) is 4.86. The number of aliphatic hydroxyl groups is 1. The van der Waals surface area contributed by atoms with Crippen molar-refractivity contribution in [3.63, 3.8) is 0 Å². The molecular formula is C13H13N5O2. The van der Waals surface area contributed by atoms with Crippen LogP contribution >= 0.6 is 0 Å². The molecule has 1 aliphatic carbocycles. The Kier molecular flexibility index (Phi) is 2.62. The molecule has 2 aromatic rings. The topological polar surface area (TPSA) is 110 Å². The summed E-state index contributed by atoms with van der Waals surface area (Å²) in [5, 5.41) is 9.42. The van der Waals surface area contributed by atoms with Gasteiger partial charge in [0.2, 0.25) is 5.95 Å². The molecule has 7 heteroatoms. The zero-order valence-electron chi connectivity index (χ0n) is 10.6. The number of H-pyrrole nitrogens is 1. The van der Waals surface area contributed by atoms with Crippen LogP contribution in [0.2, 0.25) is 0 Å². The Morgan fingerprint density at radius 1 is 1.70 bits per heavy atom. The van der Waals surface area contributed by atoms with Gasteiger partial charge in [0, 0.05) is 0 Å². The lowest BCUT2D eigenvalue weighted by Gasteiger charge is -2.20. The Morgan fingerprint density at radius 3 is 3.15 bits per heavy atom. The molecule has 0 radical (unpaired) electrons. The molecular weight excluding hydrogens is 258 g/mol. The predicted molar refractivity (Wildman–Crippen MR) is 73.7 cm³/mol. The van der Waals surface area contributed by atoms with E-state index >= 15 is 0 Å². The maximum atomic E-state index is 11.7. The number of nitrogens with zero attached hydrogens (tertiary/aromatic N) is 3. The lowest BCUT2D eigenvalue weighted by Crippen LogP contribution is -2.20. The van der Waals surface area contributed by atoms with Crippen molar-refractivity contribution in [2.24, 2.45) is 5.41 Å². The number of imidazole rings is 1. The Labute approximate surface area is 114 Å². The molecule has 20 heavy (non-hydrogen) atoms. The van der Waals surface area contributed by atoms with Crippen molar-refractivity contribution >= 4 is 17.1 Å². The Hall–Kier alpha value is -2.59. The van der Waals surface area contributed by atoms with Crippen LogP contribution in [0.1, 0.15) is 12.5 Å². The standard InChI is InChI=1S/C13H13N5O2/c1-2-13(6-19)4-3-8(5-13)18-7-15-9-10(18)16-12(14)17-11(9)20/h1,3-4,7-8,19H,5-6H2,(H3,14,16,17,20). The summed E-state index contributed by atoms with van der Waals surface area (Å²) in [7, 11) is 0. The van der Waals surface area contributed by atoms with E-state index in [4.69, 9.17) is 12.2 Å². The van der Waals surface area contributed by atoms with Gasteiger partial charge in [0.15, 0.2) is 11.2 Å². The molecule has 0 saturated heterocycles. The average molecular weight is 271 g/mol. The SMILES string of the molecule is C#CC1(CO)C=CC(n2cnc3c(=O)[nH]c(N)nc32)C1. The summed E-state index contributed by atoms with van der Waals surface area (Å²) in [5.74, 6) is 2.64. The van der Waals surface area contributed by atoms with Gasteiger partial charge in [-0.05, 0) is 6.42 Å². The number of nitrogen functional groups attached to an aromatic ring is 1. The summed E-state index contributed by atoms with van der Waals surface area (Å²) in [6.45, 7) is -0.126. The van der Waals surface area contributed by atoms with E-state index in [1.54, 1.807) is 10.6 Å². The van der Waals surface area contributed by atoms with E-state index < -0.39 is 5.41 Å². The third-order valence-electron chi connectivity index (χ3n) is 3.59. The number of hydrogen-bond donors (Lipinski definition) is 3. The van der Waals surface area contributed by atoms with Crippen LogP contribution in [0.25, 0.3) is 11.2 Å². The molecule has 2 aromatic heterocycles. The first-order chi connectivity index (χ1) is 9.58. The summed E-state index contributed by atoms with van der Waals surface area (Å²) in [6, 6.07) is -0.114. The summed E-state index contributed by atoms with van der Waals surface area (Å²) < 4.78 is 1.74. The second-order valence-electron chi connectivity index (χ2n) is 4.86. The van der Waals surface area contributed by atoms with Gasteiger partial charge < -0.3 is 15.4 Å². The number of anilines is 1. The highest BCUT2D eigenvalue weighted by atomic mass is 16.3. The van der Waals surface area contributed by atoms with Gasteiger partial charge in [-0.15, -0.1) is 6.42 Å². The highest BCUT2D eigenvalue weighted by molar-refractivity contribution is 5.70. The lowest BCUT2D eigenvalue weighted by molar-refractivity contribution is 0.204. The van der Waals surface area contributed by atoms with E-state index in [1.165, 1.54) is 6.33 Å². The van der Waals surface area contributed by atoms with Gasteiger partial charge in [-0.1, -0.05) is 18.1 Å². The molecule has 0 aliphatic heterocycles. The first-order valence-corrected chi connectivity index (χ1v) is 6.09. The Balaban J connectivity index is 2.08. The number of nitrogens with one attached hydrogen (secondary N) is 1. The van der Waals surface area contributed by atoms with Crippen molar-refractivity contribution in [3.05, 3.63) is 28.8 Å². The number of terminal acetylenes is 1. The van der Waals surface area contributed by atoms with Crippen LogP contribution in [-0.2, 0) is 0 Å². The molecule has 0 aromatic carbocycles. The van der Waals surface area contributed by atoms with Gasteiger partial charge in [-0.3, -0.25) is 9.78 Å². The number of rotatable bonds is 2. The molecule has 0 saturated carbocycles. The Bertz CT molecular complexity index is 797. The van der Waals surface area contributed by atoms with Crippen LogP contribution < -0.4 is 11.3 Å². The van der Waals surface area contributed by atoms with Crippen LogP contribution in [0.15, 0.2) is 23.3 Å². The molecule has 2 heterocycles. The maximum Gasteiger partial charge on any atom is 0.280 e. The highest BCUT2D eigenvalue weighted by Gasteiger charge is 2.33. The maximum absolute atomic E-state index is 11.7. The first kappa shape index (κ1) is 12.4. The summed E-state index contributed by atoms with van der Waals surface area (Å²) in [4.78, 5) is 22.3. The van der Waals surface area contributed by atoms with Crippen molar-refractivity contribution in [3.8, 4) is 12.3 Å². The van der Waals surface area contributed by atoms with Gasteiger partial charge in [-0.2, -0.15) is 4.98 Å². The van der Waals surface area contributed by atoms with Crippen LogP contribution in [0, 0.1) is 17.8 Å². The largest absolute Gasteiger partial charge is 0.394 e. The van der Waals surface area contributed by atoms with E-state index in [1.807, 2.05) is 6.08 Å². The van der Waals surface area contributed by atoms with Gasteiger partial charge in [-0.25, -0.2) is 4.98 Å². The van der Waals surface area contributed by atoms with Crippen LogP contribution in [0.4, 0.5) is 5.95 Å². The minimum Gasteiger partial charge on any atom is -0.394 e. The molecule has 0 fully saturated rings. The number of aromatic amines is 1. The molecule has 0 bridgehead atoms. The molecule has 1 aliphatic rings. The van der Waals surface area contributed by atoms with Crippen molar-refractivity contribution in [2.75, 3.05) is 12.3 Å². The van der Waals surface area contributed by atoms with Crippen molar-refractivity contribution < 1.29 is 5.11 Å². The van der Waals surface area contributed by atoms with E-state index in [2.05, 4.69) is 20.9 Å². The number of aliphatic hydroxyl groups excluding tert-OH is 1. The number of fused-ring (bicyclic) bond motifs is 1. The second kappa shape index (κ2) is 4.21. The average Bonchev–Trinajstić information content (AvgIpc) is 3.02. The fraction of sp³-hybridized carbons (Fsp3) is 0.308. The quantitative estimate of drug-likeness (QED) is 0.518. The molecule has 4 N–H and O–H groups in total. The number of nitrogens with two attached hydrogens (primary N) is 1. The van der Waals surface area contributed by atoms with E-state index in [0.29, 0.717) is 12.1 Å². The van der Waals surface area contributed by atoms with E-state index in [9.17, 15) is 9.90 Å². The molecule has 2 atom stereocenters. The number of hydrogen-bond acceptors (Lipinski definition) is 5. The zero-order chi connectivity index (χ0) is 14.3. The van der Waals surface area contributed by atoms with Crippen molar-refractivity contribution in [2.45, 2.75) is 12.5 Å². The zero-order valence-corrected chi connectivity index (χ0v) is 10.6. The normalized spacial score (nSPS) is 25.1. The molecule has 7 nitrogen and oxygen atoms in total. The number of aromatic nitrogens is 4. The summed E-state index contributed by atoms with van der Waals surface area (Å²) >= 11 is 0. The summed E-state index contributed by atoms with van der Waals surface area (Å²) in [5.41, 5.74) is 5.15. The molecule has 2 unspecified atom stereocenters. The van der Waals surface area contributed by atoms with E-state index in [0.717, 1.165) is 0 Å². The molecule has 3 rings (SSSR count). The minimum absolute atomic E-state index is 0.0385. The van der Waals surface area contributed by atoms with Gasteiger partial charge in [0.05, 0.1) is 24.4 Å². The molecule has 102 valence electrons. The number of allylic oxidation sites excluding steroid dienone is 1. The minimum atomic E-state index is -0.673. The molecule has 0 amide bonds. The van der Waals surface area contributed by atoms with Gasteiger partial charge >= 0.3 is 0 Å². The highest BCUT2D eigenvalue weighted by Crippen LogP contribution is 2.38. The van der Waals surface area contributed by atoms with Gasteiger partial charge in [0.25, 0.3) is 5.56 Å². The van der Waals surface area contributed by atoms with Crippen molar-refractivity contribution in [1.29, 1.82) is 0 Å². The predicted octanol–water partition coefficient (Wildman–Crippen LogP) is -0.185. The fourth-order valence-corrected chi connectivity index (χ4v) is 2.45. The monoisotopic (exact) mass is 271 g/mol. The third kappa shape index (κ3) is 1.70. The first-order valence-electron chi connectivity index (χ1n) is 6.09. The molecule has 0 spiro atoms. The van der Waals surface area contributed by atoms with Crippen LogP contribution in [-0.4, -0.2) is 31.2 Å². The van der Waals surface area contributed by atoms with Crippen molar-refractivity contribution in [1.82, 2.24) is 19.5 Å². The Morgan fingerprint density at radius 2 is 2.50 bits per heavy atom. The van der Waals surface area contributed by atoms with Crippen LogP contribution in [0.3, 0.4) is 0 Å². The van der Waals surface area contributed by atoms with E-state index in [-0.39, 0.29) is 29.7 Å².